The Bertz CT molecular complexity index is 457. The van der Waals surface area contributed by atoms with Crippen LogP contribution in [0.5, 0.6) is 11.5 Å². The highest BCUT2D eigenvalue weighted by Crippen LogP contribution is 2.39. The highest BCUT2D eigenvalue weighted by atomic mass is 16.5. The molecule has 0 saturated heterocycles. The summed E-state index contributed by atoms with van der Waals surface area (Å²) in [6.45, 7) is 7.15. The van der Waals surface area contributed by atoms with Crippen molar-refractivity contribution in [2.24, 2.45) is 0 Å². The van der Waals surface area contributed by atoms with Gasteiger partial charge in [0.2, 0.25) is 0 Å². The van der Waals surface area contributed by atoms with Crippen LogP contribution in [0.4, 0.5) is 0 Å². The van der Waals surface area contributed by atoms with Gasteiger partial charge in [0.15, 0.2) is 0 Å². The maximum atomic E-state index is 5.89. The SMILES string of the molecule is CCC[C@H](C[C@@H]1COc2cc(OC(C)C)ccc21)N(C)C. The molecule has 0 bridgehead atoms. The smallest absolute Gasteiger partial charge is 0.126 e. The third-order valence-corrected chi connectivity index (χ3v) is 4.15. The van der Waals surface area contributed by atoms with Gasteiger partial charge in [0.05, 0.1) is 12.7 Å². The highest BCUT2D eigenvalue weighted by molar-refractivity contribution is 5.45. The molecule has 0 saturated carbocycles. The van der Waals surface area contributed by atoms with E-state index in [4.69, 9.17) is 9.47 Å². The van der Waals surface area contributed by atoms with Gasteiger partial charge in [-0.05, 0) is 46.9 Å². The first kappa shape index (κ1) is 16.2. The summed E-state index contributed by atoms with van der Waals surface area (Å²) in [5, 5.41) is 0. The summed E-state index contributed by atoms with van der Waals surface area (Å²) in [4.78, 5) is 2.34. The average Bonchev–Trinajstić information content (AvgIpc) is 2.80. The van der Waals surface area contributed by atoms with Crippen LogP contribution in [0.25, 0.3) is 0 Å². The van der Waals surface area contributed by atoms with Crippen molar-refractivity contribution in [2.75, 3.05) is 20.7 Å². The largest absolute Gasteiger partial charge is 0.493 e. The fourth-order valence-electron chi connectivity index (χ4n) is 3.05. The van der Waals surface area contributed by atoms with Crippen LogP contribution in [0.15, 0.2) is 18.2 Å². The standard InChI is InChI=1S/C18H29NO2/c1-6-7-15(19(4)5)10-14-12-20-18-11-16(21-13(2)3)8-9-17(14)18/h8-9,11,13-15H,6-7,10,12H2,1-5H3/t14-,15-/m1/s1. The van der Waals surface area contributed by atoms with Crippen LogP contribution < -0.4 is 9.47 Å². The lowest BCUT2D eigenvalue weighted by Gasteiger charge is -2.26. The van der Waals surface area contributed by atoms with E-state index >= 15 is 0 Å². The number of nitrogens with zero attached hydrogens (tertiary/aromatic N) is 1. The van der Waals surface area contributed by atoms with E-state index in [1.54, 1.807) is 0 Å². The van der Waals surface area contributed by atoms with Crippen molar-refractivity contribution in [3.63, 3.8) is 0 Å². The van der Waals surface area contributed by atoms with Crippen molar-refractivity contribution >= 4 is 0 Å². The van der Waals surface area contributed by atoms with E-state index in [-0.39, 0.29) is 6.10 Å². The molecule has 2 rings (SSSR count). The summed E-state index contributed by atoms with van der Waals surface area (Å²) in [6.07, 6.45) is 3.83. The van der Waals surface area contributed by atoms with Crippen molar-refractivity contribution in [3.05, 3.63) is 23.8 Å². The average molecular weight is 291 g/mol. The Kier molecular flexibility index (Phi) is 5.51. The van der Waals surface area contributed by atoms with Gasteiger partial charge in [-0.1, -0.05) is 19.4 Å². The monoisotopic (exact) mass is 291 g/mol. The molecule has 0 aliphatic carbocycles. The second kappa shape index (κ2) is 7.17. The molecule has 1 aliphatic heterocycles. The normalized spacial score (nSPS) is 18.7. The molecule has 3 nitrogen and oxygen atoms in total. The number of hydrogen-bond donors (Lipinski definition) is 0. The van der Waals surface area contributed by atoms with Gasteiger partial charge in [-0.2, -0.15) is 0 Å². The van der Waals surface area contributed by atoms with Crippen LogP contribution in [-0.4, -0.2) is 37.7 Å². The summed E-state index contributed by atoms with van der Waals surface area (Å²) >= 11 is 0. The van der Waals surface area contributed by atoms with Gasteiger partial charge in [-0.15, -0.1) is 0 Å². The molecular weight excluding hydrogens is 262 g/mol. The fourth-order valence-corrected chi connectivity index (χ4v) is 3.05. The van der Waals surface area contributed by atoms with Crippen LogP contribution in [-0.2, 0) is 0 Å². The Labute approximate surface area is 129 Å². The van der Waals surface area contributed by atoms with Crippen molar-refractivity contribution < 1.29 is 9.47 Å². The summed E-state index contributed by atoms with van der Waals surface area (Å²) in [6, 6.07) is 6.93. The molecule has 0 radical (unpaired) electrons. The van der Waals surface area contributed by atoms with Crippen molar-refractivity contribution in [2.45, 2.75) is 58.1 Å². The van der Waals surface area contributed by atoms with E-state index < -0.39 is 0 Å². The van der Waals surface area contributed by atoms with Gasteiger partial charge in [0.25, 0.3) is 0 Å². The maximum Gasteiger partial charge on any atom is 0.126 e. The molecule has 0 N–H and O–H groups in total. The Morgan fingerprint density at radius 3 is 2.71 bits per heavy atom. The highest BCUT2D eigenvalue weighted by Gasteiger charge is 2.27. The van der Waals surface area contributed by atoms with Crippen LogP contribution in [0, 0.1) is 0 Å². The Morgan fingerprint density at radius 2 is 2.10 bits per heavy atom. The van der Waals surface area contributed by atoms with Gasteiger partial charge in [-0.25, -0.2) is 0 Å². The molecule has 118 valence electrons. The molecular formula is C18H29NO2. The van der Waals surface area contributed by atoms with E-state index in [0.29, 0.717) is 12.0 Å². The van der Waals surface area contributed by atoms with Crippen LogP contribution in [0.2, 0.25) is 0 Å². The number of rotatable bonds is 7. The first-order valence-electron chi connectivity index (χ1n) is 8.11. The fraction of sp³-hybridized carbons (Fsp3) is 0.667. The predicted molar refractivity (Wildman–Crippen MR) is 87.4 cm³/mol. The molecule has 1 aliphatic rings. The summed E-state index contributed by atoms with van der Waals surface area (Å²) in [5.41, 5.74) is 1.34. The van der Waals surface area contributed by atoms with Gasteiger partial charge in [0, 0.05) is 23.6 Å². The Hall–Kier alpha value is -1.22. The summed E-state index contributed by atoms with van der Waals surface area (Å²) in [5.74, 6) is 2.42. The second-order valence-corrected chi connectivity index (χ2v) is 6.52. The lowest BCUT2D eigenvalue weighted by Crippen LogP contribution is -2.29. The molecule has 0 spiro atoms. The van der Waals surface area contributed by atoms with Gasteiger partial charge < -0.3 is 14.4 Å². The zero-order valence-electron chi connectivity index (χ0n) is 14.1. The molecule has 0 unspecified atom stereocenters. The number of fused-ring (bicyclic) bond motifs is 1. The topological polar surface area (TPSA) is 21.7 Å². The first-order chi connectivity index (χ1) is 10.0. The minimum atomic E-state index is 0.197. The molecule has 0 amide bonds. The van der Waals surface area contributed by atoms with Gasteiger partial charge in [-0.3, -0.25) is 0 Å². The van der Waals surface area contributed by atoms with E-state index in [0.717, 1.165) is 24.5 Å². The van der Waals surface area contributed by atoms with E-state index in [9.17, 15) is 0 Å². The quantitative estimate of drug-likeness (QED) is 0.756. The van der Waals surface area contributed by atoms with E-state index in [2.05, 4.69) is 38.1 Å². The predicted octanol–water partition coefficient (Wildman–Crippen LogP) is 4.07. The second-order valence-electron chi connectivity index (χ2n) is 6.52. The molecule has 1 heterocycles. The minimum Gasteiger partial charge on any atom is -0.493 e. The first-order valence-corrected chi connectivity index (χ1v) is 8.11. The van der Waals surface area contributed by atoms with Crippen molar-refractivity contribution in [3.8, 4) is 11.5 Å². The Morgan fingerprint density at radius 1 is 1.33 bits per heavy atom. The number of hydrogen-bond acceptors (Lipinski definition) is 3. The van der Waals surface area contributed by atoms with Gasteiger partial charge in [0.1, 0.15) is 11.5 Å². The van der Waals surface area contributed by atoms with E-state index in [1.807, 2.05) is 19.9 Å². The zero-order chi connectivity index (χ0) is 15.4. The molecule has 0 aromatic heterocycles. The Balaban J connectivity index is 2.07. The third-order valence-electron chi connectivity index (χ3n) is 4.15. The molecule has 1 aromatic carbocycles. The van der Waals surface area contributed by atoms with Crippen LogP contribution in [0.1, 0.15) is 51.5 Å². The molecule has 21 heavy (non-hydrogen) atoms. The summed E-state index contributed by atoms with van der Waals surface area (Å²) in [7, 11) is 4.35. The zero-order valence-corrected chi connectivity index (χ0v) is 14.1. The lowest BCUT2D eigenvalue weighted by molar-refractivity contribution is 0.231. The number of benzene rings is 1. The summed E-state index contributed by atoms with van der Waals surface area (Å²) < 4.78 is 11.6. The lowest BCUT2D eigenvalue weighted by atomic mass is 9.91. The third kappa shape index (κ3) is 4.13. The molecule has 3 heteroatoms. The van der Waals surface area contributed by atoms with Gasteiger partial charge >= 0.3 is 0 Å². The molecule has 2 atom stereocenters. The van der Waals surface area contributed by atoms with Crippen molar-refractivity contribution in [1.29, 1.82) is 0 Å². The van der Waals surface area contributed by atoms with Crippen LogP contribution in [0.3, 0.4) is 0 Å². The minimum absolute atomic E-state index is 0.197. The molecule has 0 fully saturated rings. The number of ether oxygens (including phenoxy) is 2. The molecule has 1 aromatic rings. The van der Waals surface area contributed by atoms with Crippen LogP contribution >= 0.6 is 0 Å². The van der Waals surface area contributed by atoms with E-state index in [1.165, 1.54) is 18.4 Å². The van der Waals surface area contributed by atoms with Crippen molar-refractivity contribution in [1.82, 2.24) is 4.90 Å². The maximum absolute atomic E-state index is 5.89.